The van der Waals surface area contributed by atoms with E-state index in [0.717, 1.165) is 36.4 Å². The van der Waals surface area contributed by atoms with Crippen molar-refractivity contribution in [3.05, 3.63) is 242 Å². The van der Waals surface area contributed by atoms with Gasteiger partial charge in [-0.25, -0.2) is 0 Å². The molecule has 3 heteroatoms. The van der Waals surface area contributed by atoms with E-state index in [0.29, 0.717) is 0 Å². The number of hydrogen-bond acceptors (Lipinski definition) is 2. The van der Waals surface area contributed by atoms with E-state index in [1.807, 2.05) is 0 Å². The molecular weight excluding hydrogens is 858 g/mol. The average molecular weight is 914 g/mol. The van der Waals surface area contributed by atoms with E-state index < -0.39 is 0 Å². The minimum Gasteiger partial charge on any atom is -0.458 e. The Kier molecular flexibility index (Phi) is 11.4. The van der Waals surface area contributed by atoms with E-state index in [2.05, 4.69) is 263 Å². The number of ether oxygens (including phenoxy) is 1. The van der Waals surface area contributed by atoms with Crippen LogP contribution in [-0.2, 0) is 11.8 Å². The summed E-state index contributed by atoms with van der Waals surface area (Å²) in [6, 6.07) is 85.3. The summed E-state index contributed by atoms with van der Waals surface area (Å²) in [5, 5.41) is 0. The lowest BCUT2D eigenvalue weighted by atomic mass is 9.34. The SMILES string of the molecule is CCCCc1cc2c3c(c1)N(c1c(-c4ccc(-c5ccccc5)cc4)cc(C(C)(C)C)cc1-c1ccc(-c4ccccc4)cc1)c1ccc(-c4ccccc4)cc1B3c1cc(-c3ccccc3)ccc1O2. The molecule has 0 fully saturated rings. The molecule has 0 saturated carbocycles. The first-order chi connectivity index (χ1) is 34.8. The van der Waals surface area contributed by atoms with Gasteiger partial charge in [0, 0.05) is 22.5 Å². The van der Waals surface area contributed by atoms with E-state index in [-0.39, 0.29) is 12.1 Å². The molecule has 71 heavy (non-hydrogen) atoms. The van der Waals surface area contributed by atoms with Gasteiger partial charge in [-0.1, -0.05) is 228 Å². The quantitative estimate of drug-likeness (QED) is 0.127. The third-order valence-electron chi connectivity index (χ3n) is 14.7. The maximum atomic E-state index is 7.23. The topological polar surface area (TPSA) is 12.5 Å². The summed E-state index contributed by atoms with van der Waals surface area (Å²) in [6.07, 6.45) is 3.16. The second-order valence-electron chi connectivity index (χ2n) is 20.3. The second-order valence-corrected chi connectivity index (χ2v) is 20.3. The van der Waals surface area contributed by atoms with E-state index in [1.165, 1.54) is 106 Å². The first kappa shape index (κ1) is 44.1. The summed E-state index contributed by atoms with van der Waals surface area (Å²) >= 11 is 0. The van der Waals surface area contributed by atoms with Crippen LogP contribution in [0.4, 0.5) is 17.1 Å². The number of anilines is 3. The van der Waals surface area contributed by atoms with Gasteiger partial charge >= 0.3 is 0 Å². The van der Waals surface area contributed by atoms with Crippen LogP contribution < -0.4 is 26.0 Å². The van der Waals surface area contributed by atoms with Gasteiger partial charge in [0.15, 0.2) is 0 Å². The summed E-state index contributed by atoms with van der Waals surface area (Å²) in [6.45, 7) is 9.21. The number of aryl methyl sites for hydroxylation is 1. The summed E-state index contributed by atoms with van der Waals surface area (Å²) in [7, 11) is 0. The van der Waals surface area contributed by atoms with Crippen LogP contribution in [0.3, 0.4) is 0 Å². The van der Waals surface area contributed by atoms with Crippen LogP contribution in [0.25, 0.3) is 66.8 Å². The van der Waals surface area contributed by atoms with Crippen LogP contribution in [0.15, 0.2) is 231 Å². The zero-order valence-electron chi connectivity index (χ0n) is 41.0. The van der Waals surface area contributed by atoms with Crippen molar-refractivity contribution in [3.8, 4) is 78.3 Å². The fourth-order valence-electron chi connectivity index (χ4n) is 10.9. The van der Waals surface area contributed by atoms with E-state index in [4.69, 9.17) is 4.74 Å². The molecule has 342 valence electrons. The molecule has 0 saturated heterocycles. The number of rotatable bonds is 10. The molecule has 10 aromatic carbocycles. The molecule has 0 N–H and O–H groups in total. The van der Waals surface area contributed by atoms with Crippen molar-refractivity contribution in [3.63, 3.8) is 0 Å². The second kappa shape index (κ2) is 18.3. The van der Waals surface area contributed by atoms with E-state index >= 15 is 0 Å². The fraction of sp³-hybridized carbons (Fsp3) is 0.118. The minimum absolute atomic E-state index is 0.0846. The molecule has 12 rings (SSSR count). The first-order valence-electron chi connectivity index (χ1n) is 25.3. The number of fused-ring (bicyclic) bond motifs is 4. The molecule has 0 amide bonds. The zero-order valence-corrected chi connectivity index (χ0v) is 41.0. The molecule has 0 radical (unpaired) electrons. The predicted molar refractivity (Wildman–Crippen MR) is 302 cm³/mol. The Morgan fingerprint density at radius 1 is 0.408 bits per heavy atom. The molecular formula is C68H56BNO. The van der Waals surface area contributed by atoms with E-state index in [9.17, 15) is 0 Å². The predicted octanol–water partition coefficient (Wildman–Crippen LogP) is 16.7. The standard InChI is InChI=1S/C68H56BNO/c1-5-6-19-46-40-63-66-65(41-46)71-64-39-37-56(50-26-17-10-18-27-50)43-61(64)69(66)60-42-55(49-24-15-9-16-25-49)36-38-62(60)70(63)67-58(53-32-28-51(29-33-53)47-20-11-7-12-21-47)44-57(68(2,3)4)45-59(67)54-34-30-52(31-35-54)48-22-13-8-14-23-48/h7-18,20-45H,5-6,19H2,1-4H3. The number of unbranched alkanes of at least 4 members (excludes halogenated alkanes) is 1. The maximum Gasteiger partial charge on any atom is 0.256 e. The lowest BCUT2D eigenvalue weighted by Crippen LogP contribution is -2.59. The Morgan fingerprint density at radius 2 is 0.845 bits per heavy atom. The van der Waals surface area contributed by atoms with Crippen molar-refractivity contribution in [2.45, 2.75) is 52.4 Å². The minimum atomic E-state index is -0.140. The maximum absolute atomic E-state index is 7.23. The van der Waals surface area contributed by atoms with Crippen LogP contribution >= 0.6 is 0 Å². The van der Waals surface area contributed by atoms with Gasteiger partial charge in [-0.3, -0.25) is 0 Å². The summed E-state index contributed by atoms with van der Waals surface area (Å²) in [5.41, 5.74) is 23.8. The van der Waals surface area contributed by atoms with Crippen LogP contribution in [0.2, 0.25) is 0 Å². The van der Waals surface area contributed by atoms with Gasteiger partial charge in [0.05, 0.1) is 5.69 Å². The highest BCUT2D eigenvalue weighted by molar-refractivity contribution is 6.99. The average Bonchev–Trinajstić information content (AvgIpc) is 3.42. The Hall–Kier alpha value is -8.14. The molecule has 0 spiro atoms. The molecule has 10 aromatic rings. The van der Waals surface area contributed by atoms with Crippen molar-refractivity contribution < 1.29 is 4.74 Å². The van der Waals surface area contributed by atoms with Gasteiger partial charge in [0.1, 0.15) is 11.5 Å². The van der Waals surface area contributed by atoms with Crippen molar-refractivity contribution >= 4 is 40.2 Å². The summed E-state index contributed by atoms with van der Waals surface area (Å²) < 4.78 is 7.23. The molecule has 2 aliphatic rings. The van der Waals surface area contributed by atoms with Crippen LogP contribution in [0.1, 0.15) is 51.7 Å². The third kappa shape index (κ3) is 8.26. The molecule has 2 aliphatic heterocycles. The number of nitrogens with zero attached hydrogens (tertiary/aromatic N) is 1. The zero-order chi connectivity index (χ0) is 48.1. The molecule has 0 bridgehead atoms. The lowest BCUT2D eigenvalue weighted by molar-refractivity contribution is 0.486. The monoisotopic (exact) mass is 913 g/mol. The van der Waals surface area contributed by atoms with Crippen LogP contribution in [-0.4, -0.2) is 6.71 Å². The Bertz CT molecular complexity index is 3440. The Balaban J connectivity index is 1.17. The third-order valence-corrected chi connectivity index (χ3v) is 14.7. The largest absolute Gasteiger partial charge is 0.458 e. The lowest BCUT2D eigenvalue weighted by Gasteiger charge is -2.42. The molecule has 0 unspecified atom stereocenters. The fourth-order valence-corrected chi connectivity index (χ4v) is 10.9. The normalized spacial score (nSPS) is 12.5. The molecule has 2 heterocycles. The molecule has 0 atom stereocenters. The Morgan fingerprint density at radius 3 is 1.34 bits per heavy atom. The van der Waals surface area contributed by atoms with Gasteiger partial charge in [-0.15, -0.1) is 0 Å². The van der Waals surface area contributed by atoms with Gasteiger partial charge < -0.3 is 9.64 Å². The van der Waals surface area contributed by atoms with E-state index in [1.54, 1.807) is 0 Å². The van der Waals surface area contributed by atoms with Crippen molar-refractivity contribution in [1.29, 1.82) is 0 Å². The van der Waals surface area contributed by atoms with Gasteiger partial charge in [-0.2, -0.15) is 0 Å². The van der Waals surface area contributed by atoms with Crippen molar-refractivity contribution in [2.24, 2.45) is 0 Å². The highest BCUT2D eigenvalue weighted by Gasteiger charge is 2.43. The van der Waals surface area contributed by atoms with Gasteiger partial charge in [0.2, 0.25) is 0 Å². The Labute approximate surface area is 420 Å². The van der Waals surface area contributed by atoms with Crippen molar-refractivity contribution in [2.75, 3.05) is 4.90 Å². The number of benzene rings is 10. The smallest absolute Gasteiger partial charge is 0.256 e. The van der Waals surface area contributed by atoms with Crippen LogP contribution in [0, 0.1) is 0 Å². The van der Waals surface area contributed by atoms with Gasteiger partial charge in [0.25, 0.3) is 6.71 Å². The molecule has 0 aromatic heterocycles. The molecule has 0 aliphatic carbocycles. The highest BCUT2D eigenvalue weighted by atomic mass is 16.5. The van der Waals surface area contributed by atoms with Crippen LogP contribution in [0.5, 0.6) is 11.5 Å². The summed E-state index contributed by atoms with van der Waals surface area (Å²) in [4.78, 5) is 2.62. The first-order valence-corrected chi connectivity index (χ1v) is 25.3. The highest BCUT2D eigenvalue weighted by Crippen LogP contribution is 2.51. The summed E-state index contributed by atoms with van der Waals surface area (Å²) in [5.74, 6) is 1.85. The molecule has 2 nitrogen and oxygen atoms in total. The van der Waals surface area contributed by atoms with Gasteiger partial charge in [-0.05, 0) is 138 Å². The van der Waals surface area contributed by atoms with Crippen molar-refractivity contribution in [1.82, 2.24) is 0 Å². The number of hydrogen-bond donors (Lipinski definition) is 0.